The molecule has 0 spiro atoms. The summed E-state index contributed by atoms with van der Waals surface area (Å²) in [4.78, 5) is 16.7. The van der Waals surface area contributed by atoms with Gasteiger partial charge in [-0.15, -0.1) is 13.2 Å². The highest BCUT2D eigenvalue weighted by Gasteiger charge is 2.30. The zero-order valence-electron chi connectivity index (χ0n) is 18.0. The molecule has 34 heavy (non-hydrogen) atoms. The maximum atomic E-state index is 12.2. The molecule has 0 aliphatic rings. The Morgan fingerprint density at radius 3 is 2.29 bits per heavy atom. The second kappa shape index (κ2) is 9.70. The van der Waals surface area contributed by atoms with Crippen LogP contribution in [0.1, 0.15) is 5.56 Å². The van der Waals surface area contributed by atoms with Crippen molar-refractivity contribution < 1.29 is 27.4 Å². The van der Waals surface area contributed by atoms with Crippen molar-refractivity contribution in [3.63, 3.8) is 0 Å². The van der Waals surface area contributed by atoms with Crippen LogP contribution in [0.3, 0.4) is 0 Å². The van der Waals surface area contributed by atoms with Crippen molar-refractivity contribution in [2.24, 2.45) is 0 Å². The van der Waals surface area contributed by atoms with Crippen molar-refractivity contribution in [1.82, 2.24) is 10.3 Å². The van der Waals surface area contributed by atoms with Crippen LogP contribution in [0.15, 0.2) is 79.0 Å². The molecule has 4 rings (SSSR count). The minimum absolute atomic E-state index is 0.134. The van der Waals surface area contributed by atoms with E-state index in [0.717, 1.165) is 27.8 Å². The molecule has 1 aromatic heterocycles. The van der Waals surface area contributed by atoms with E-state index < -0.39 is 12.4 Å². The number of rotatable bonds is 6. The number of fused-ring (bicyclic) bond motifs is 1. The second-order valence-corrected chi connectivity index (χ2v) is 7.36. The highest BCUT2D eigenvalue weighted by Crippen LogP contribution is 2.26. The molecule has 0 aliphatic carbocycles. The molecule has 0 saturated heterocycles. The normalized spacial score (nSPS) is 11.2. The molecule has 3 aromatic carbocycles. The molecule has 2 amide bonds. The quantitative estimate of drug-likeness (QED) is 0.358. The van der Waals surface area contributed by atoms with Crippen molar-refractivity contribution in [1.29, 1.82) is 0 Å². The van der Waals surface area contributed by atoms with Crippen LogP contribution in [0, 0.1) is 0 Å². The van der Waals surface area contributed by atoms with Gasteiger partial charge in [0.15, 0.2) is 0 Å². The van der Waals surface area contributed by atoms with E-state index >= 15 is 0 Å². The zero-order chi connectivity index (χ0) is 24.1. The molecule has 0 radical (unpaired) electrons. The number of aromatic nitrogens is 1. The number of ether oxygens (including phenoxy) is 2. The van der Waals surface area contributed by atoms with E-state index in [9.17, 15) is 18.0 Å². The van der Waals surface area contributed by atoms with Crippen LogP contribution in [0.2, 0.25) is 0 Å². The molecule has 9 heteroatoms. The fourth-order valence-corrected chi connectivity index (χ4v) is 3.31. The van der Waals surface area contributed by atoms with E-state index in [0.29, 0.717) is 11.3 Å². The minimum atomic E-state index is -4.74. The maximum absolute atomic E-state index is 12.2. The molecule has 0 bridgehead atoms. The lowest BCUT2D eigenvalue weighted by Crippen LogP contribution is -2.28. The van der Waals surface area contributed by atoms with Crippen LogP contribution in [-0.2, 0) is 6.54 Å². The Kier molecular flexibility index (Phi) is 6.53. The van der Waals surface area contributed by atoms with Crippen LogP contribution in [0.4, 0.5) is 23.7 Å². The molecule has 0 atom stereocenters. The first kappa shape index (κ1) is 22.9. The van der Waals surface area contributed by atoms with Gasteiger partial charge in [0, 0.05) is 29.4 Å². The number of methoxy groups -OCH3 is 1. The van der Waals surface area contributed by atoms with Gasteiger partial charge in [-0.2, -0.15) is 0 Å². The van der Waals surface area contributed by atoms with Crippen LogP contribution in [0.25, 0.3) is 22.0 Å². The van der Waals surface area contributed by atoms with Gasteiger partial charge < -0.3 is 20.1 Å². The number of benzene rings is 3. The van der Waals surface area contributed by atoms with Gasteiger partial charge in [-0.25, -0.2) is 4.79 Å². The minimum Gasteiger partial charge on any atom is -0.497 e. The Balaban J connectivity index is 1.36. The number of pyridine rings is 1. The first-order valence-electron chi connectivity index (χ1n) is 10.2. The Morgan fingerprint density at radius 2 is 1.62 bits per heavy atom. The highest BCUT2D eigenvalue weighted by molar-refractivity contribution is 5.93. The number of anilines is 1. The number of carbonyl (C=O) groups is 1. The lowest BCUT2D eigenvalue weighted by Gasteiger charge is -2.11. The summed E-state index contributed by atoms with van der Waals surface area (Å²) in [6.07, 6.45) is -2.98. The van der Waals surface area contributed by atoms with Gasteiger partial charge in [0.25, 0.3) is 0 Å². The fraction of sp³-hybridized carbons (Fsp3) is 0.120. The number of urea groups is 1. The predicted molar refractivity (Wildman–Crippen MR) is 123 cm³/mol. The summed E-state index contributed by atoms with van der Waals surface area (Å²) < 4.78 is 45.7. The number of halogens is 3. The maximum Gasteiger partial charge on any atom is 0.573 e. The third-order valence-corrected chi connectivity index (χ3v) is 4.98. The van der Waals surface area contributed by atoms with Gasteiger partial charge in [-0.05, 0) is 53.6 Å². The van der Waals surface area contributed by atoms with E-state index in [-0.39, 0.29) is 12.3 Å². The zero-order valence-corrected chi connectivity index (χ0v) is 18.0. The topological polar surface area (TPSA) is 72.5 Å². The number of carbonyl (C=O) groups excluding carboxylic acids is 1. The highest BCUT2D eigenvalue weighted by atomic mass is 19.4. The van der Waals surface area contributed by atoms with Crippen LogP contribution >= 0.6 is 0 Å². The Labute approximate surface area is 193 Å². The molecule has 0 fully saturated rings. The third-order valence-electron chi connectivity index (χ3n) is 4.98. The van der Waals surface area contributed by atoms with Crippen molar-refractivity contribution in [2.75, 3.05) is 12.4 Å². The van der Waals surface area contributed by atoms with Crippen LogP contribution in [0.5, 0.6) is 11.5 Å². The van der Waals surface area contributed by atoms with Crippen LogP contribution < -0.4 is 20.1 Å². The largest absolute Gasteiger partial charge is 0.573 e. The molecular weight excluding hydrogens is 447 g/mol. The van der Waals surface area contributed by atoms with Crippen molar-refractivity contribution in [3.05, 3.63) is 84.6 Å². The van der Waals surface area contributed by atoms with E-state index in [1.807, 2.05) is 36.4 Å². The second-order valence-electron chi connectivity index (χ2n) is 7.36. The third kappa shape index (κ3) is 5.94. The molecule has 6 nitrogen and oxygen atoms in total. The molecule has 2 N–H and O–H groups in total. The van der Waals surface area contributed by atoms with Gasteiger partial charge >= 0.3 is 12.4 Å². The van der Waals surface area contributed by atoms with E-state index in [1.54, 1.807) is 25.4 Å². The average molecular weight is 467 g/mol. The van der Waals surface area contributed by atoms with Crippen molar-refractivity contribution >= 4 is 22.6 Å². The fourth-order valence-electron chi connectivity index (χ4n) is 3.31. The first-order valence-corrected chi connectivity index (χ1v) is 10.2. The number of amides is 2. The summed E-state index contributed by atoms with van der Waals surface area (Å²) >= 11 is 0. The Hall–Kier alpha value is -4.27. The SMILES string of the molecule is COc1ccc(-c2cnc3cc(NC(=O)NCc4ccc(OC(F)(F)F)cc4)ccc3c2)cc1. The smallest absolute Gasteiger partial charge is 0.497 e. The number of alkyl halides is 3. The van der Waals surface area contributed by atoms with Gasteiger partial charge in [0.2, 0.25) is 0 Å². The summed E-state index contributed by atoms with van der Waals surface area (Å²) in [5.41, 5.74) is 3.87. The number of nitrogens with one attached hydrogen (secondary N) is 2. The molecule has 4 aromatic rings. The average Bonchev–Trinajstić information content (AvgIpc) is 2.82. The molecule has 0 aliphatic heterocycles. The Morgan fingerprint density at radius 1 is 0.912 bits per heavy atom. The molecule has 174 valence electrons. The number of nitrogens with zero attached hydrogens (tertiary/aromatic N) is 1. The van der Waals surface area contributed by atoms with Gasteiger partial charge in [0.05, 0.1) is 12.6 Å². The molecular formula is C25H20F3N3O3. The van der Waals surface area contributed by atoms with Gasteiger partial charge in [-0.3, -0.25) is 4.98 Å². The van der Waals surface area contributed by atoms with E-state index in [1.165, 1.54) is 24.3 Å². The lowest BCUT2D eigenvalue weighted by molar-refractivity contribution is -0.274. The molecule has 1 heterocycles. The Bertz CT molecular complexity index is 1290. The van der Waals surface area contributed by atoms with Crippen LogP contribution in [-0.4, -0.2) is 24.5 Å². The van der Waals surface area contributed by atoms with Gasteiger partial charge in [0.1, 0.15) is 11.5 Å². The summed E-state index contributed by atoms with van der Waals surface area (Å²) in [5, 5.41) is 6.30. The van der Waals surface area contributed by atoms with E-state index in [2.05, 4.69) is 20.4 Å². The summed E-state index contributed by atoms with van der Waals surface area (Å²) in [5.74, 6) is 0.457. The summed E-state index contributed by atoms with van der Waals surface area (Å²) in [6, 6.07) is 19.9. The monoisotopic (exact) mass is 467 g/mol. The number of hydrogen-bond acceptors (Lipinski definition) is 4. The molecule has 0 saturated carbocycles. The summed E-state index contributed by atoms with van der Waals surface area (Å²) in [7, 11) is 1.62. The van der Waals surface area contributed by atoms with Crippen molar-refractivity contribution in [2.45, 2.75) is 12.9 Å². The first-order chi connectivity index (χ1) is 16.3. The lowest BCUT2D eigenvalue weighted by atomic mass is 10.1. The standard InChI is InChI=1S/C25H20F3N3O3/c1-33-21-10-5-17(6-11-21)19-12-18-4-7-20(13-23(18)29-15-19)31-24(32)30-14-16-2-8-22(9-3-16)34-25(26,27)28/h2-13,15H,14H2,1H3,(H2,30,31,32). The number of hydrogen-bond donors (Lipinski definition) is 2. The summed E-state index contributed by atoms with van der Waals surface area (Å²) in [6.45, 7) is 0.134. The van der Waals surface area contributed by atoms with Gasteiger partial charge in [-0.1, -0.05) is 30.3 Å². The molecule has 0 unspecified atom stereocenters. The van der Waals surface area contributed by atoms with Crippen molar-refractivity contribution in [3.8, 4) is 22.6 Å². The van der Waals surface area contributed by atoms with E-state index in [4.69, 9.17) is 4.74 Å². The predicted octanol–water partition coefficient (Wildman–Crippen LogP) is 6.13.